The van der Waals surface area contributed by atoms with E-state index in [1.54, 1.807) is 24.3 Å². The fraction of sp³-hybridized carbons (Fsp3) is 0.227. The molecule has 0 spiro atoms. The van der Waals surface area contributed by atoms with Crippen molar-refractivity contribution in [1.29, 1.82) is 0 Å². The van der Waals surface area contributed by atoms with E-state index in [0.717, 1.165) is 16.5 Å². The smallest absolute Gasteiger partial charge is 0.342 e. The molecule has 29 heavy (non-hydrogen) atoms. The van der Waals surface area contributed by atoms with Gasteiger partial charge >= 0.3 is 11.9 Å². The number of para-hydroxylation sites is 1. The average molecular weight is 390 g/mol. The minimum absolute atomic E-state index is 0.241. The predicted octanol–water partition coefficient (Wildman–Crippen LogP) is 2.14. The molecule has 0 aliphatic carbocycles. The van der Waals surface area contributed by atoms with Crippen LogP contribution in [0.1, 0.15) is 27.2 Å². The monoisotopic (exact) mass is 390 g/mol. The number of ether oxygens (including phenoxy) is 2. The van der Waals surface area contributed by atoms with Crippen molar-refractivity contribution >= 4 is 28.7 Å². The van der Waals surface area contributed by atoms with Crippen molar-refractivity contribution in [2.45, 2.75) is 18.0 Å². The molecule has 0 saturated carbocycles. The van der Waals surface area contributed by atoms with Gasteiger partial charge in [-0.2, -0.15) is 0 Å². The van der Waals surface area contributed by atoms with E-state index >= 15 is 0 Å². The second-order valence-corrected chi connectivity index (χ2v) is 7.19. The Kier molecular flexibility index (Phi) is 3.58. The summed E-state index contributed by atoms with van der Waals surface area (Å²) < 4.78 is 10.2. The Balaban J connectivity index is 1.94. The van der Waals surface area contributed by atoms with Gasteiger partial charge in [-0.1, -0.05) is 36.4 Å². The van der Waals surface area contributed by atoms with Crippen LogP contribution in [0.2, 0.25) is 0 Å². The van der Waals surface area contributed by atoms with Crippen molar-refractivity contribution in [2.24, 2.45) is 0 Å². The van der Waals surface area contributed by atoms with Gasteiger partial charge in [-0.25, -0.2) is 9.59 Å². The molecule has 3 heterocycles. The van der Waals surface area contributed by atoms with E-state index in [0.29, 0.717) is 16.8 Å². The number of esters is 2. The van der Waals surface area contributed by atoms with Gasteiger partial charge in [0.2, 0.25) is 5.54 Å². The first-order valence-electron chi connectivity index (χ1n) is 9.25. The summed E-state index contributed by atoms with van der Waals surface area (Å²) in [5.41, 5.74) is 1.49. The molecule has 0 bridgehead atoms. The number of nitrogens with zero attached hydrogens (tertiary/aromatic N) is 1. The van der Waals surface area contributed by atoms with Gasteiger partial charge in [-0.3, -0.25) is 9.69 Å². The number of benzene rings is 2. The number of carbonyl (C=O) groups excluding carboxylic acids is 3. The van der Waals surface area contributed by atoms with Crippen molar-refractivity contribution in [1.82, 2.24) is 9.88 Å². The third-order valence-electron chi connectivity index (χ3n) is 5.97. The second-order valence-electron chi connectivity index (χ2n) is 7.19. The number of methoxy groups -OCH3 is 2. The standard InChI is InChI=1S/C22H18N2O5/c1-28-20(26)17-11-14-12-7-4-6-10-16(12)23-18(14)22(21(27)29-2)15-9-5-3-8-13(15)19(25)24(17)22/h3-10,17,23H,11H2,1-2H3/t17-,22+/m0/s1. The molecular formula is C22H18N2O5. The minimum atomic E-state index is -1.58. The number of nitrogens with one attached hydrogen (secondary N) is 1. The first kappa shape index (κ1) is 17.5. The lowest BCUT2D eigenvalue weighted by molar-refractivity contribution is -0.158. The maximum Gasteiger partial charge on any atom is 0.342 e. The molecule has 2 aliphatic heterocycles. The molecular weight excluding hydrogens is 372 g/mol. The molecule has 0 unspecified atom stereocenters. The molecule has 3 aromatic rings. The van der Waals surface area contributed by atoms with E-state index in [9.17, 15) is 14.4 Å². The summed E-state index contributed by atoms with van der Waals surface area (Å²) in [6.45, 7) is 0. The van der Waals surface area contributed by atoms with Gasteiger partial charge < -0.3 is 14.5 Å². The van der Waals surface area contributed by atoms with E-state index in [4.69, 9.17) is 9.47 Å². The Hall–Kier alpha value is -3.61. The first-order valence-corrected chi connectivity index (χ1v) is 9.25. The van der Waals surface area contributed by atoms with Crippen LogP contribution in [0, 0.1) is 0 Å². The SMILES string of the molecule is COC(=O)[C@@H]1Cc2c([nH]c3ccccc23)[C@@]2(C(=O)OC)c3ccccc3C(=O)N12. The third kappa shape index (κ3) is 1.99. The predicted molar refractivity (Wildman–Crippen MR) is 103 cm³/mol. The summed E-state index contributed by atoms with van der Waals surface area (Å²) in [5, 5.41) is 0.899. The van der Waals surface area contributed by atoms with Gasteiger partial charge in [-0.15, -0.1) is 0 Å². The van der Waals surface area contributed by atoms with Gasteiger partial charge in [0.25, 0.3) is 5.91 Å². The van der Waals surface area contributed by atoms with E-state index < -0.39 is 29.4 Å². The highest BCUT2D eigenvalue weighted by molar-refractivity contribution is 6.10. The lowest BCUT2D eigenvalue weighted by atomic mass is 9.78. The lowest BCUT2D eigenvalue weighted by Gasteiger charge is -2.43. The Labute approximate surface area is 166 Å². The van der Waals surface area contributed by atoms with E-state index in [2.05, 4.69) is 4.98 Å². The molecule has 0 radical (unpaired) electrons. The number of fused-ring (bicyclic) bond motifs is 7. The number of hydrogen-bond acceptors (Lipinski definition) is 5. The van der Waals surface area contributed by atoms with E-state index in [1.165, 1.54) is 19.1 Å². The van der Waals surface area contributed by atoms with Gasteiger partial charge in [0, 0.05) is 28.5 Å². The summed E-state index contributed by atoms with van der Waals surface area (Å²) >= 11 is 0. The number of rotatable bonds is 2. The first-order chi connectivity index (χ1) is 14.1. The Morgan fingerprint density at radius 3 is 2.55 bits per heavy atom. The summed E-state index contributed by atoms with van der Waals surface area (Å²) in [7, 11) is 2.56. The fourth-order valence-electron chi connectivity index (χ4n) is 4.82. The molecule has 0 saturated heterocycles. The van der Waals surface area contributed by atoms with Gasteiger partial charge in [-0.05, 0) is 17.7 Å². The number of hydrogen-bond donors (Lipinski definition) is 1. The van der Waals surface area contributed by atoms with Crippen molar-refractivity contribution in [2.75, 3.05) is 14.2 Å². The quantitative estimate of drug-likeness (QED) is 0.678. The molecule has 7 heteroatoms. The number of aromatic nitrogens is 1. The Bertz CT molecular complexity index is 1200. The van der Waals surface area contributed by atoms with E-state index in [1.807, 2.05) is 24.3 Å². The molecule has 0 fully saturated rings. The number of amides is 1. The summed E-state index contributed by atoms with van der Waals surface area (Å²) in [5.74, 6) is -1.60. The van der Waals surface area contributed by atoms with E-state index in [-0.39, 0.29) is 6.42 Å². The average Bonchev–Trinajstić information content (AvgIpc) is 3.27. The molecule has 5 rings (SSSR count). The molecule has 2 aliphatic rings. The zero-order valence-electron chi connectivity index (χ0n) is 15.9. The number of aromatic amines is 1. The van der Waals surface area contributed by atoms with Gasteiger partial charge in [0.05, 0.1) is 19.9 Å². The van der Waals surface area contributed by atoms with Crippen LogP contribution in [0.4, 0.5) is 0 Å². The van der Waals surface area contributed by atoms with Crippen LogP contribution < -0.4 is 0 Å². The van der Waals surface area contributed by atoms with Crippen LogP contribution in [0.25, 0.3) is 10.9 Å². The summed E-state index contributed by atoms with van der Waals surface area (Å²) in [6, 6.07) is 13.6. The molecule has 7 nitrogen and oxygen atoms in total. The van der Waals surface area contributed by atoms with Crippen LogP contribution in [0.3, 0.4) is 0 Å². The van der Waals surface area contributed by atoms with Crippen LogP contribution in [0.5, 0.6) is 0 Å². The highest BCUT2D eigenvalue weighted by Gasteiger charge is 2.64. The van der Waals surface area contributed by atoms with Crippen LogP contribution >= 0.6 is 0 Å². The zero-order valence-corrected chi connectivity index (χ0v) is 15.9. The minimum Gasteiger partial charge on any atom is -0.467 e. The zero-order chi connectivity index (χ0) is 20.3. The number of H-pyrrole nitrogens is 1. The molecule has 1 aromatic heterocycles. The Morgan fingerprint density at radius 1 is 1.07 bits per heavy atom. The third-order valence-corrected chi connectivity index (χ3v) is 5.97. The van der Waals surface area contributed by atoms with Crippen molar-refractivity contribution in [3.05, 3.63) is 70.9 Å². The summed E-state index contributed by atoms with van der Waals surface area (Å²) in [4.78, 5) is 44.2. The summed E-state index contributed by atoms with van der Waals surface area (Å²) in [6.07, 6.45) is 0.241. The van der Waals surface area contributed by atoms with Gasteiger partial charge in [0.15, 0.2) is 0 Å². The molecule has 1 amide bonds. The van der Waals surface area contributed by atoms with Crippen LogP contribution in [0.15, 0.2) is 48.5 Å². The van der Waals surface area contributed by atoms with Crippen molar-refractivity contribution < 1.29 is 23.9 Å². The highest BCUT2D eigenvalue weighted by atomic mass is 16.5. The highest BCUT2D eigenvalue weighted by Crippen LogP contribution is 2.51. The molecule has 1 N–H and O–H groups in total. The maximum absolute atomic E-state index is 13.4. The number of carbonyl (C=O) groups is 3. The molecule has 2 aromatic carbocycles. The maximum atomic E-state index is 13.4. The Morgan fingerprint density at radius 2 is 1.79 bits per heavy atom. The molecule has 2 atom stereocenters. The normalized spacial score (nSPS) is 22.1. The van der Waals surface area contributed by atoms with Crippen LogP contribution in [-0.4, -0.2) is 48.0 Å². The van der Waals surface area contributed by atoms with Crippen LogP contribution in [-0.2, 0) is 31.0 Å². The largest absolute Gasteiger partial charge is 0.467 e. The lowest BCUT2D eigenvalue weighted by Crippen LogP contribution is -2.61. The molecule has 146 valence electrons. The second kappa shape index (κ2) is 5.94. The topological polar surface area (TPSA) is 88.7 Å². The van der Waals surface area contributed by atoms with Gasteiger partial charge in [0.1, 0.15) is 6.04 Å². The fourth-order valence-corrected chi connectivity index (χ4v) is 4.82. The van der Waals surface area contributed by atoms with Crippen molar-refractivity contribution in [3.63, 3.8) is 0 Å². The van der Waals surface area contributed by atoms with Crippen molar-refractivity contribution in [3.8, 4) is 0 Å².